The number of aliphatic carboxylic acids is 1. The van der Waals surface area contributed by atoms with Gasteiger partial charge in [-0.3, -0.25) is 9.59 Å². The molecule has 3 aromatic rings. The molecule has 13 heteroatoms. The molecule has 0 aliphatic carbocycles. The zero-order valence-electron chi connectivity index (χ0n) is 21.1. The predicted octanol–water partition coefficient (Wildman–Crippen LogP) is 4.10. The highest BCUT2D eigenvalue weighted by molar-refractivity contribution is 5.94. The van der Waals surface area contributed by atoms with Gasteiger partial charge in [-0.25, -0.2) is 14.6 Å². The first-order chi connectivity index (χ1) is 17.9. The summed E-state index contributed by atoms with van der Waals surface area (Å²) in [4.78, 5) is 30.9. The highest BCUT2D eigenvalue weighted by Crippen LogP contribution is 2.31. The lowest BCUT2D eigenvalue weighted by Gasteiger charge is -2.22. The topological polar surface area (TPSA) is 131 Å². The number of hydrogen-bond acceptors (Lipinski definition) is 7. The molecular formula is C25H29F3N6O4. The molecule has 2 aromatic heterocycles. The van der Waals surface area contributed by atoms with Crippen LogP contribution in [0, 0.1) is 12.8 Å². The molecule has 0 saturated carbocycles. The first kappa shape index (κ1) is 28.4. The van der Waals surface area contributed by atoms with E-state index >= 15 is 0 Å². The lowest BCUT2D eigenvalue weighted by atomic mass is 10.0. The van der Waals surface area contributed by atoms with Gasteiger partial charge in [0.25, 0.3) is 11.9 Å². The number of halogens is 3. The van der Waals surface area contributed by atoms with Crippen molar-refractivity contribution in [3.8, 4) is 11.7 Å². The summed E-state index contributed by atoms with van der Waals surface area (Å²) in [5.74, 6) is -0.668. The van der Waals surface area contributed by atoms with Crippen molar-refractivity contribution in [2.75, 3.05) is 18.5 Å². The Morgan fingerprint density at radius 3 is 2.34 bits per heavy atom. The van der Waals surface area contributed by atoms with Crippen LogP contribution in [-0.4, -0.2) is 55.9 Å². The average molecular weight is 535 g/mol. The van der Waals surface area contributed by atoms with Crippen LogP contribution in [0.1, 0.15) is 48.3 Å². The summed E-state index contributed by atoms with van der Waals surface area (Å²) >= 11 is 0. The lowest BCUT2D eigenvalue weighted by molar-refractivity contribution is -0.138. The van der Waals surface area contributed by atoms with E-state index in [0.717, 1.165) is 23.0 Å². The molecule has 204 valence electrons. The van der Waals surface area contributed by atoms with E-state index in [2.05, 4.69) is 39.5 Å². The summed E-state index contributed by atoms with van der Waals surface area (Å²) in [6, 6.07) is 6.67. The third-order valence-electron chi connectivity index (χ3n) is 5.37. The maximum Gasteiger partial charge on any atom is 0.419 e. The number of carboxylic acid groups (broad SMARTS) is 1. The number of carbonyl (C=O) groups excluding carboxylic acids is 1. The van der Waals surface area contributed by atoms with Crippen LogP contribution in [0.4, 0.5) is 18.9 Å². The van der Waals surface area contributed by atoms with Gasteiger partial charge in [0, 0.05) is 24.0 Å². The second-order valence-corrected chi connectivity index (χ2v) is 9.05. The summed E-state index contributed by atoms with van der Waals surface area (Å²) in [7, 11) is 0. The number of ether oxygens (including phenoxy) is 1. The van der Waals surface area contributed by atoms with E-state index in [9.17, 15) is 22.8 Å². The minimum absolute atomic E-state index is 0.0140. The number of anilines is 1. The first-order valence-electron chi connectivity index (χ1n) is 11.9. The molecule has 0 saturated heterocycles. The Balaban J connectivity index is 1.59. The second-order valence-electron chi connectivity index (χ2n) is 9.05. The molecule has 3 N–H and O–H groups in total. The number of alkyl halides is 3. The number of carbonyl (C=O) groups is 2. The van der Waals surface area contributed by atoms with Gasteiger partial charge in [-0.15, -0.1) is 0 Å². The quantitative estimate of drug-likeness (QED) is 0.317. The average Bonchev–Trinajstić information content (AvgIpc) is 3.25. The van der Waals surface area contributed by atoms with Crippen LogP contribution < -0.4 is 15.4 Å². The molecule has 0 spiro atoms. The molecule has 38 heavy (non-hydrogen) atoms. The van der Waals surface area contributed by atoms with Crippen LogP contribution in [0.15, 0.2) is 42.9 Å². The van der Waals surface area contributed by atoms with E-state index in [1.54, 1.807) is 24.3 Å². The fourth-order valence-corrected chi connectivity index (χ4v) is 3.62. The molecule has 0 fully saturated rings. The van der Waals surface area contributed by atoms with Gasteiger partial charge < -0.3 is 20.5 Å². The number of aromatic nitrogens is 4. The minimum atomic E-state index is -4.52. The number of nitrogens with zero attached hydrogens (tertiary/aromatic N) is 4. The van der Waals surface area contributed by atoms with Crippen molar-refractivity contribution in [2.45, 2.75) is 45.8 Å². The minimum Gasteiger partial charge on any atom is -0.488 e. The maximum atomic E-state index is 13.0. The molecule has 0 radical (unpaired) electrons. The second kappa shape index (κ2) is 12.4. The van der Waals surface area contributed by atoms with E-state index in [0.29, 0.717) is 17.2 Å². The highest BCUT2D eigenvalue weighted by atomic mass is 19.4. The van der Waals surface area contributed by atoms with Gasteiger partial charge in [-0.05, 0) is 43.5 Å². The molecule has 0 aliphatic heterocycles. The zero-order valence-corrected chi connectivity index (χ0v) is 21.1. The van der Waals surface area contributed by atoms with Gasteiger partial charge >= 0.3 is 12.1 Å². The number of aryl methyl sites for hydroxylation is 1. The van der Waals surface area contributed by atoms with Crippen molar-refractivity contribution in [2.24, 2.45) is 5.92 Å². The summed E-state index contributed by atoms with van der Waals surface area (Å²) in [6.45, 7) is 5.71. The summed E-state index contributed by atoms with van der Waals surface area (Å²) in [5.41, 5.74) is 0.152. The molecule has 0 aliphatic rings. The van der Waals surface area contributed by atoms with Crippen molar-refractivity contribution in [3.63, 3.8) is 0 Å². The number of amides is 1. The molecule has 3 rings (SSSR count). The summed E-state index contributed by atoms with van der Waals surface area (Å²) in [6.07, 6.45) is -0.314. The van der Waals surface area contributed by atoms with Crippen molar-refractivity contribution >= 4 is 17.6 Å². The summed E-state index contributed by atoms with van der Waals surface area (Å²) < 4.78 is 45.9. The molecule has 1 atom stereocenters. The van der Waals surface area contributed by atoms with Gasteiger partial charge in [-0.1, -0.05) is 13.8 Å². The van der Waals surface area contributed by atoms with Crippen molar-refractivity contribution in [1.82, 2.24) is 25.1 Å². The van der Waals surface area contributed by atoms with Crippen LogP contribution in [-0.2, 0) is 11.0 Å². The fourth-order valence-electron chi connectivity index (χ4n) is 3.62. The number of carboxylic acids is 1. The lowest BCUT2D eigenvalue weighted by Crippen LogP contribution is -2.29. The van der Waals surface area contributed by atoms with E-state index < -0.39 is 17.7 Å². The largest absolute Gasteiger partial charge is 0.488 e. The van der Waals surface area contributed by atoms with Gasteiger partial charge in [0.05, 0.1) is 36.1 Å². The maximum absolute atomic E-state index is 13.0. The smallest absolute Gasteiger partial charge is 0.419 e. The molecule has 0 unspecified atom stereocenters. The monoisotopic (exact) mass is 534 g/mol. The van der Waals surface area contributed by atoms with E-state index in [-0.39, 0.29) is 43.2 Å². The Morgan fingerprint density at radius 2 is 1.79 bits per heavy atom. The third-order valence-corrected chi connectivity index (χ3v) is 5.37. The number of rotatable bonds is 12. The molecule has 2 heterocycles. The SMILES string of the molecule is Cc1nn(-c2ncc(OC[C@H](CC(C)C)Nc3ccc(C(=O)NCCC(=O)O)cc3)cn2)cc1C(F)(F)F. The van der Waals surface area contributed by atoms with Crippen LogP contribution in [0.3, 0.4) is 0 Å². The van der Waals surface area contributed by atoms with E-state index in [4.69, 9.17) is 9.84 Å². The van der Waals surface area contributed by atoms with Crippen molar-refractivity contribution in [1.29, 1.82) is 0 Å². The molecule has 1 aromatic carbocycles. The Bertz CT molecular complexity index is 1230. The normalized spacial score (nSPS) is 12.3. The Kier molecular flexibility index (Phi) is 9.26. The van der Waals surface area contributed by atoms with Crippen LogP contribution in [0.5, 0.6) is 5.75 Å². The van der Waals surface area contributed by atoms with Gasteiger partial charge in [-0.2, -0.15) is 18.3 Å². The summed E-state index contributed by atoms with van der Waals surface area (Å²) in [5, 5.41) is 18.4. The predicted molar refractivity (Wildman–Crippen MR) is 132 cm³/mol. The Morgan fingerprint density at radius 1 is 1.13 bits per heavy atom. The molecule has 0 bridgehead atoms. The van der Waals surface area contributed by atoms with Crippen molar-refractivity contribution in [3.05, 3.63) is 59.7 Å². The van der Waals surface area contributed by atoms with Gasteiger partial charge in [0.1, 0.15) is 6.61 Å². The van der Waals surface area contributed by atoms with E-state index in [1.807, 2.05) is 0 Å². The van der Waals surface area contributed by atoms with Crippen LogP contribution in [0.2, 0.25) is 0 Å². The molecule has 10 nitrogen and oxygen atoms in total. The Hall–Kier alpha value is -4.16. The first-order valence-corrected chi connectivity index (χ1v) is 11.9. The van der Waals surface area contributed by atoms with Crippen LogP contribution in [0.25, 0.3) is 5.95 Å². The van der Waals surface area contributed by atoms with Crippen LogP contribution >= 0.6 is 0 Å². The molecule has 1 amide bonds. The molecular weight excluding hydrogens is 505 g/mol. The zero-order chi connectivity index (χ0) is 27.9. The fraction of sp³-hybridized carbons (Fsp3) is 0.400. The van der Waals surface area contributed by atoms with Gasteiger partial charge in [0.15, 0.2) is 5.75 Å². The van der Waals surface area contributed by atoms with E-state index in [1.165, 1.54) is 19.3 Å². The highest BCUT2D eigenvalue weighted by Gasteiger charge is 2.35. The Labute approximate surface area is 217 Å². The third kappa shape index (κ3) is 8.18. The van der Waals surface area contributed by atoms with Crippen molar-refractivity contribution < 1.29 is 32.6 Å². The van der Waals surface area contributed by atoms with Gasteiger partial charge in [0.2, 0.25) is 0 Å². The number of benzene rings is 1. The number of nitrogens with one attached hydrogen (secondary N) is 2. The standard InChI is InChI=1S/C25H29F3N6O4/c1-15(2)10-19(32-18-6-4-17(5-7-18)23(37)29-9-8-22(35)36)14-38-20-11-30-24(31-12-20)34-13-21(16(3)33-34)25(26,27)28/h4-7,11-13,15,19,32H,8-10,14H2,1-3H3,(H,29,37)(H,35,36)/t19-/m0/s1. The number of hydrogen-bond donors (Lipinski definition) is 3.